The van der Waals surface area contributed by atoms with E-state index in [0.29, 0.717) is 16.9 Å². The first kappa shape index (κ1) is 19.5. The molecule has 0 heterocycles. The second kappa shape index (κ2) is 8.04. The van der Waals surface area contributed by atoms with Crippen LogP contribution < -0.4 is 15.6 Å². The molecule has 26 heavy (non-hydrogen) atoms. The molecule has 5 nitrogen and oxygen atoms in total. The van der Waals surface area contributed by atoms with Gasteiger partial charge in [-0.15, -0.1) is 0 Å². The molecule has 0 aliphatic carbocycles. The summed E-state index contributed by atoms with van der Waals surface area (Å²) < 4.78 is 5.54. The van der Waals surface area contributed by atoms with E-state index in [0.717, 1.165) is 5.56 Å². The van der Waals surface area contributed by atoms with Gasteiger partial charge in [0.15, 0.2) is 0 Å². The maximum atomic E-state index is 12.2. The Morgan fingerprint density at radius 3 is 1.62 bits per heavy atom. The van der Waals surface area contributed by atoms with Crippen LogP contribution in [0.15, 0.2) is 48.5 Å². The van der Waals surface area contributed by atoms with Gasteiger partial charge in [-0.1, -0.05) is 32.9 Å². The summed E-state index contributed by atoms with van der Waals surface area (Å²) in [5.41, 5.74) is 6.94. The SMILES string of the molecule is CC(C)Oc1ccc(C(=O)NNC(=O)c2ccc(C(C)(C)C)cc2)cc1. The highest BCUT2D eigenvalue weighted by molar-refractivity contribution is 5.99. The van der Waals surface area contributed by atoms with E-state index in [-0.39, 0.29) is 23.3 Å². The Bertz CT molecular complexity index is 757. The predicted molar refractivity (Wildman–Crippen MR) is 102 cm³/mol. The molecule has 0 saturated heterocycles. The summed E-state index contributed by atoms with van der Waals surface area (Å²) >= 11 is 0. The molecule has 0 aliphatic heterocycles. The van der Waals surface area contributed by atoms with Crippen LogP contribution in [0.1, 0.15) is 60.9 Å². The van der Waals surface area contributed by atoms with E-state index in [2.05, 4.69) is 31.6 Å². The fourth-order valence-electron chi connectivity index (χ4n) is 2.34. The van der Waals surface area contributed by atoms with Crippen molar-refractivity contribution in [3.05, 3.63) is 65.2 Å². The summed E-state index contributed by atoms with van der Waals surface area (Å²) in [6.07, 6.45) is 0.0682. The summed E-state index contributed by atoms with van der Waals surface area (Å²) in [5, 5.41) is 0. The average molecular weight is 354 g/mol. The Morgan fingerprint density at radius 2 is 1.23 bits per heavy atom. The molecule has 0 aromatic heterocycles. The van der Waals surface area contributed by atoms with Crippen molar-refractivity contribution in [1.82, 2.24) is 10.9 Å². The van der Waals surface area contributed by atoms with E-state index in [1.165, 1.54) is 0 Å². The van der Waals surface area contributed by atoms with E-state index in [1.807, 2.05) is 26.0 Å². The van der Waals surface area contributed by atoms with E-state index in [9.17, 15) is 9.59 Å². The van der Waals surface area contributed by atoms with Gasteiger partial charge in [0.25, 0.3) is 11.8 Å². The number of carbonyl (C=O) groups is 2. The molecule has 0 atom stereocenters. The van der Waals surface area contributed by atoms with E-state index in [1.54, 1.807) is 36.4 Å². The number of carbonyl (C=O) groups excluding carboxylic acids is 2. The summed E-state index contributed by atoms with van der Waals surface area (Å²) in [7, 11) is 0. The van der Waals surface area contributed by atoms with Crippen molar-refractivity contribution in [2.75, 3.05) is 0 Å². The fourth-order valence-corrected chi connectivity index (χ4v) is 2.34. The molecule has 138 valence electrons. The van der Waals surface area contributed by atoms with Crippen LogP contribution in [0.25, 0.3) is 0 Å². The van der Waals surface area contributed by atoms with Crippen LogP contribution in [0.2, 0.25) is 0 Å². The predicted octanol–water partition coefficient (Wildman–Crippen LogP) is 3.85. The molecular formula is C21H26N2O3. The van der Waals surface area contributed by atoms with Gasteiger partial charge in [0, 0.05) is 11.1 Å². The van der Waals surface area contributed by atoms with Gasteiger partial charge < -0.3 is 4.74 Å². The first-order chi connectivity index (χ1) is 12.2. The zero-order chi connectivity index (χ0) is 19.3. The van der Waals surface area contributed by atoms with Crippen LogP contribution in [0.3, 0.4) is 0 Å². The highest BCUT2D eigenvalue weighted by Crippen LogP contribution is 2.22. The lowest BCUT2D eigenvalue weighted by molar-refractivity contribution is 0.0846. The van der Waals surface area contributed by atoms with Crippen molar-refractivity contribution >= 4 is 11.8 Å². The zero-order valence-electron chi connectivity index (χ0n) is 15.9. The first-order valence-electron chi connectivity index (χ1n) is 8.65. The van der Waals surface area contributed by atoms with Gasteiger partial charge in [-0.05, 0) is 61.2 Å². The molecule has 2 amide bonds. The number of hydrazine groups is 1. The van der Waals surface area contributed by atoms with Crippen LogP contribution >= 0.6 is 0 Å². The highest BCUT2D eigenvalue weighted by atomic mass is 16.5. The summed E-state index contributed by atoms with van der Waals surface area (Å²) in [6, 6.07) is 14.1. The molecule has 0 bridgehead atoms. The minimum Gasteiger partial charge on any atom is -0.491 e. The second-order valence-electron chi connectivity index (χ2n) is 7.43. The summed E-state index contributed by atoms with van der Waals surface area (Å²) in [5.74, 6) is -0.0566. The second-order valence-corrected chi connectivity index (χ2v) is 7.43. The molecule has 2 N–H and O–H groups in total. The smallest absolute Gasteiger partial charge is 0.269 e. The molecule has 0 fully saturated rings. The van der Waals surface area contributed by atoms with E-state index >= 15 is 0 Å². The van der Waals surface area contributed by atoms with Crippen molar-refractivity contribution in [2.45, 2.75) is 46.1 Å². The van der Waals surface area contributed by atoms with Crippen molar-refractivity contribution in [3.8, 4) is 5.75 Å². The van der Waals surface area contributed by atoms with E-state index in [4.69, 9.17) is 4.74 Å². The van der Waals surface area contributed by atoms with Gasteiger partial charge in [-0.2, -0.15) is 0 Å². The van der Waals surface area contributed by atoms with E-state index < -0.39 is 0 Å². The molecule has 0 aliphatic rings. The molecular weight excluding hydrogens is 328 g/mol. The summed E-state index contributed by atoms with van der Waals surface area (Å²) in [4.78, 5) is 24.3. The van der Waals surface area contributed by atoms with Crippen LogP contribution in [0, 0.1) is 0 Å². The number of hydrogen-bond donors (Lipinski definition) is 2. The molecule has 0 unspecified atom stereocenters. The highest BCUT2D eigenvalue weighted by Gasteiger charge is 2.15. The van der Waals surface area contributed by atoms with Crippen molar-refractivity contribution < 1.29 is 14.3 Å². The van der Waals surface area contributed by atoms with Crippen molar-refractivity contribution in [3.63, 3.8) is 0 Å². The Balaban J connectivity index is 1.93. The minimum atomic E-state index is -0.388. The Morgan fingerprint density at radius 1 is 0.808 bits per heavy atom. The number of nitrogens with one attached hydrogen (secondary N) is 2. The molecule has 0 saturated carbocycles. The third-order valence-electron chi connectivity index (χ3n) is 3.79. The largest absolute Gasteiger partial charge is 0.491 e. The van der Waals surface area contributed by atoms with Crippen LogP contribution in [0.4, 0.5) is 0 Å². The third-order valence-corrected chi connectivity index (χ3v) is 3.79. The number of amides is 2. The van der Waals surface area contributed by atoms with Crippen LogP contribution in [0.5, 0.6) is 5.75 Å². The maximum Gasteiger partial charge on any atom is 0.269 e. The number of ether oxygens (including phenoxy) is 1. The Kier molecular flexibility index (Phi) is 6.03. The molecule has 5 heteroatoms. The standard InChI is InChI=1S/C21H26N2O3/c1-14(2)26-18-12-8-16(9-13-18)20(25)23-22-19(24)15-6-10-17(11-7-15)21(3,4)5/h6-14H,1-5H3,(H,22,24)(H,23,25). The van der Waals surface area contributed by atoms with Gasteiger partial charge >= 0.3 is 0 Å². The quantitative estimate of drug-likeness (QED) is 0.820. The van der Waals surface area contributed by atoms with Gasteiger partial charge in [-0.3, -0.25) is 20.4 Å². The Hall–Kier alpha value is -2.82. The zero-order valence-corrected chi connectivity index (χ0v) is 15.9. The van der Waals surface area contributed by atoms with Crippen LogP contribution in [-0.2, 0) is 5.41 Å². The normalized spacial score (nSPS) is 11.2. The first-order valence-corrected chi connectivity index (χ1v) is 8.65. The van der Waals surface area contributed by atoms with Gasteiger partial charge in [0.2, 0.25) is 0 Å². The van der Waals surface area contributed by atoms with Gasteiger partial charge in [0.05, 0.1) is 6.10 Å². The number of benzene rings is 2. The minimum absolute atomic E-state index is 0.0225. The molecule has 0 radical (unpaired) electrons. The fraction of sp³-hybridized carbons (Fsp3) is 0.333. The lowest BCUT2D eigenvalue weighted by atomic mass is 9.87. The molecule has 0 spiro atoms. The number of hydrogen-bond acceptors (Lipinski definition) is 3. The maximum absolute atomic E-state index is 12.2. The summed E-state index contributed by atoms with van der Waals surface area (Å²) in [6.45, 7) is 10.2. The van der Waals surface area contributed by atoms with Gasteiger partial charge in [0.1, 0.15) is 5.75 Å². The molecule has 2 rings (SSSR count). The third kappa shape index (κ3) is 5.34. The van der Waals surface area contributed by atoms with Crippen LogP contribution in [-0.4, -0.2) is 17.9 Å². The lowest BCUT2D eigenvalue weighted by Gasteiger charge is -2.19. The molecule has 2 aromatic rings. The van der Waals surface area contributed by atoms with Crippen molar-refractivity contribution in [1.29, 1.82) is 0 Å². The van der Waals surface area contributed by atoms with Gasteiger partial charge in [-0.25, -0.2) is 0 Å². The average Bonchev–Trinajstić information content (AvgIpc) is 2.59. The Labute approximate surface area is 154 Å². The lowest BCUT2D eigenvalue weighted by Crippen LogP contribution is -2.41. The van der Waals surface area contributed by atoms with Crippen molar-refractivity contribution in [2.24, 2.45) is 0 Å². The monoisotopic (exact) mass is 354 g/mol. The topological polar surface area (TPSA) is 67.4 Å². The molecule has 2 aromatic carbocycles. The number of rotatable bonds is 4.